The van der Waals surface area contributed by atoms with E-state index in [2.05, 4.69) is 57.1 Å². The highest BCUT2D eigenvalue weighted by Crippen LogP contribution is 2.36. The van der Waals surface area contributed by atoms with Crippen molar-refractivity contribution in [2.75, 3.05) is 23.7 Å². The van der Waals surface area contributed by atoms with Crippen LogP contribution in [-0.2, 0) is 22.1 Å². The molecule has 1 heterocycles. The van der Waals surface area contributed by atoms with Crippen LogP contribution in [0.2, 0.25) is 0 Å². The molecule has 4 rings (SSSR count). The van der Waals surface area contributed by atoms with Gasteiger partial charge >= 0.3 is 12.2 Å². The second-order valence-corrected chi connectivity index (χ2v) is 13.4. The molecule has 0 radical (unpaired) electrons. The lowest BCUT2D eigenvalue weighted by Gasteiger charge is -2.37. The molecule has 4 N–H and O–H groups in total. The highest BCUT2D eigenvalue weighted by Gasteiger charge is 2.36. The van der Waals surface area contributed by atoms with Gasteiger partial charge in [-0.3, -0.25) is 15.3 Å². The average Bonchev–Trinajstić information content (AvgIpc) is 3.35. The highest BCUT2D eigenvalue weighted by atomic mass is 16.6. The largest absolute Gasteiger partial charge is 0.444 e. The lowest BCUT2D eigenvalue weighted by atomic mass is 9.77. The molecule has 48 heavy (non-hydrogen) atoms. The van der Waals surface area contributed by atoms with Crippen LogP contribution < -0.4 is 21.3 Å². The number of rotatable bonds is 9. The number of guanidine groups is 1. The first-order valence-electron chi connectivity index (χ1n) is 16.0. The number of amides is 2. The van der Waals surface area contributed by atoms with Gasteiger partial charge < -0.3 is 20.1 Å². The van der Waals surface area contributed by atoms with Gasteiger partial charge in [0, 0.05) is 13.6 Å². The summed E-state index contributed by atoms with van der Waals surface area (Å²) in [6, 6.07) is 30.9. The van der Waals surface area contributed by atoms with Crippen molar-refractivity contribution in [3.8, 4) is 0 Å². The molecule has 254 valence electrons. The molecule has 0 aliphatic heterocycles. The fraction of sp³-hybridized carbons (Fsp3) is 0.351. The molecular formula is C37H47N7O4. The van der Waals surface area contributed by atoms with Crippen LogP contribution in [0.5, 0.6) is 0 Å². The number of alkyl carbamates (subject to hydrolysis) is 1. The predicted molar refractivity (Wildman–Crippen MR) is 190 cm³/mol. The molecule has 1 aromatic heterocycles. The Balaban J connectivity index is 1.71. The summed E-state index contributed by atoms with van der Waals surface area (Å²) >= 11 is 0. The molecule has 2 amide bonds. The monoisotopic (exact) mass is 653 g/mol. The zero-order valence-corrected chi connectivity index (χ0v) is 28.9. The molecule has 0 aliphatic carbocycles. The van der Waals surface area contributed by atoms with Gasteiger partial charge in [0.1, 0.15) is 22.7 Å². The van der Waals surface area contributed by atoms with Gasteiger partial charge in [0.2, 0.25) is 5.96 Å². The molecule has 0 saturated heterocycles. The smallest absolute Gasteiger partial charge is 0.437 e. The number of aromatic nitrogens is 2. The molecular weight excluding hydrogens is 606 g/mol. The molecule has 0 spiro atoms. The summed E-state index contributed by atoms with van der Waals surface area (Å²) in [5, 5.41) is 10.8. The van der Waals surface area contributed by atoms with Crippen LogP contribution in [0.3, 0.4) is 0 Å². The van der Waals surface area contributed by atoms with Crippen molar-refractivity contribution in [2.24, 2.45) is 12.0 Å². The Kier molecular flexibility index (Phi) is 11.3. The quantitative estimate of drug-likeness (QED) is 0.0796. The van der Waals surface area contributed by atoms with E-state index in [4.69, 9.17) is 15.2 Å². The molecule has 0 fully saturated rings. The van der Waals surface area contributed by atoms with Gasteiger partial charge in [-0.05, 0) is 71.2 Å². The number of nitrogens with zero attached hydrogens (tertiary/aromatic N) is 4. The third-order valence-corrected chi connectivity index (χ3v) is 7.28. The Hall–Kier alpha value is -5.16. The van der Waals surface area contributed by atoms with Crippen molar-refractivity contribution in [3.63, 3.8) is 0 Å². The SMILES string of the molecule is Cn1ncc(N(CCCNC(c2ccccc2)(c2ccccc2)c2ccccc2)C(=NC(=O)OC(C)(C)C)NC(=O)OC(C)(C)C)c1N. The lowest BCUT2D eigenvalue weighted by Crippen LogP contribution is -2.49. The molecule has 4 aromatic rings. The van der Waals surface area contributed by atoms with E-state index in [1.165, 1.54) is 4.68 Å². The Labute approximate surface area is 283 Å². The van der Waals surface area contributed by atoms with Gasteiger partial charge in [-0.25, -0.2) is 9.59 Å². The number of hydrogen-bond acceptors (Lipinski definition) is 7. The summed E-state index contributed by atoms with van der Waals surface area (Å²) in [6.45, 7) is 11.3. The third kappa shape index (κ3) is 9.22. The van der Waals surface area contributed by atoms with Crippen LogP contribution >= 0.6 is 0 Å². The average molecular weight is 654 g/mol. The number of carbonyl (C=O) groups excluding carboxylic acids is 2. The van der Waals surface area contributed by atoms with Crippen LogP contribution in [0, 0.1) is 0 Å². The number of anilines is 2. The molecule has 0 saturated carbocycles. The molecule has 11 nitrogen and oxygen atoms in total. The maximum absolute atomic E-state index is 13.0. The Morgan fingerprint density at radius 3 is 1.71 bits per heavy atom. The summed E-state index contributed by atoms with van der Waals surface area (Å²) in [7, 11) is 1.71. The van der Waals surface area contributed by atoms with E-state index >= 15 is 0 Å². The van der Waals surface area contributed by atoms with Crippen LogP contribution in [0.1, 0.15) is 64.7 Å². The summed E-state index contributed by atoms with van der Waals surface area (Å²) in [5.74, 6) is 0.219. The Bertz CT molecular complexity index is 1580. The van der Waals surface area contributed by atoms with Gasteiger partial charge in [0.25, 0.3) is 0 Å². The van der Waals surface area contributed by atoms with Crippen molar-refractivity contribution >= 4 is 29.7 Å². The van der Waals surface area contributed by atoms with Crippen LogP contribution in [-0.4, -0.2) is 52.2 Å². The van der Waals surface area contributed by atoms with Gasteiger partial charge in [-0.2, -0.15) is 5.10 Å². The van der Waals surface area contributed by atoms with E-state index < -0.39 is 28.9 Å². The lowest BCUT2D eigenvalue weighted by molar-refractivity contribution is 0.0561. The minimum Gasteiger partial charge on any atom is -0.444 e. The second kappa shape index (κ2) is 15.2. The van der Waals surface area contributed by atoms with Crippen molar-refractivity contribution in [2.45, 2.75) is 64.7 Å². The number of aliphatic imine (C=N–C) groups is 1. The van der Waals surface area contributed by atoms with Crippen LogP contribution in [0.4, 0.5) is 21.1 Å². The predicted octanol–water partition coefficient (Wildman–Crippen LogP) is 6.60. The summed E-state index contributed by atoms with van der Waals surface area (Å²) < 4.78 is 12.5. The zero-order chi connectivity index (χ0) is 35.0. The van der Waals surface area contributed by atoms with E-state index in [1.54, 1.807) is 59.7 Å². The highest BCUT2D eigenvalue weighted by molar-refractivity contribution is 6.08. The number of carbonyl (C=O) groups is 2. The summed E-state index contributed by atoms with van der Waals surface area (Å²) in [4.78, 5) is 31.9. The standard InChI is InChI=1S/C37H47N7O4/c1-35(2,3)47-33(45)41-32(42-34(46)48-36(4,5)6)44(30-26-40-43(7)31(30)38)25-17-24-39-37(27-18-11-8-12-19-27,28-20-13-9-14-21-28)29-22-15-10-16-23-29/h8-16,18-23,26,39H,17,24-25,38H2,1-7H3,(H,41,42,45,46). The van der Waals surface area contributed by atoms with E-state index in [0.29, 0.717) is 24.5 Å². The number of nitrogens with one attached hydrogen (secondary N) is 2. The first-order chi connectivity index (χ1) is 22.7. The van der Waals surface area contributed by atoms with Gasteiger partial charge in [0.15, 0.2) is 0 Å². The van der Waals surface area contributed by atoms with E-state index in [0.717, 1.165) is 16.7 Å². The molecule has 0 unspecified atom stereocenters. The van der Waals surface area contributed by atoms with E-state index in [9.17, 15) is 9.59 Å². The minimum absolute atomic E-state index is 0.0985. The third-order valence-electron chi connectivity index (χ3n) is 7.28. The zero-order valence-electron chi connectivity index (χ0n) is 28.9. The Morgan fingerprint density at radius 1 is 0.812 bits per heavy atom. The van der Waals surface area contributed by atoms with Crippen molar-refractivity contribution in [3.05, 3.63) is 114 Å². The van der Waals surface area contributed by atoms with Gasteiger partial charge in [0.05, 0.1) is 11.7 Å². The van der Waals surface area contributed by atoms with Crippen LogP contribution in [0.15, 0.2) is 102 Å². The topological polar surface area (TPSA) is 136 Å². The number of ether oxygens (including phenoxy) is 2. The van der Waals surface area contributed by atoms with E-state index in [1.807, 2.05) is 54.6 Å². The molecule has 0 bridgehead atoms. The maximum Gasteiger partial charge on any atom is 0.437 e. The number of benzene rings is 3. The molecule has 11 heteroatoms. The fourth-order valence-corrected chi connectivity index (χ4v) is 5.29. The van der Waals surface area contributed by atoms with Crippen LogP contribution in [0.25, 0.3) is 0 Å². The number of nitrogens with two attached hydrogens (primary N) is 1. The van der Waals surface area contributed by atoms with E-state index in [-0.39, 0.29) is 12.5 Å². The Morgan fingerprint density at radius 2 is 1.29 bits per heavy atom. The molecule has 3 aromatic carbocycles. The fourth-order valence-electron chi connectivity index (χ4n) is 5.29. The number of nitrogen functional groups attached to an aromatic ring is 1. The molecule has 0 atom stereocenters. The van der Waals surface area contributed by atoms with Gasteiger partial charge in [-0.1, -0.05) is 91.0 Å². The van der Waals surface area contributed by atoms with Gasteiger partial charge in [-0.15, -0.1) is 4.99 Å². The normalized spacial score (nSPS) is 12.4. The van der Waals surface area contributed by atoms with Crippen molar-refractivity contribution in [1.29, 1.82) is 0 Å². The first-order valence-corrected chi connectivity index (χ1v) is 16.0. The number of aryl methyl sites for hydroxylation is 1. The van der Waals surface area contributed by atoms with Crippen molar-refractivity contribution in [1.82, 2.24) is 20.4 Å². The number of hydrogen-bond donors (Lipinski definition) is 3. The van der Waals surface area contributed by atoms with Crippen molar-refractivity contribution < 1.29 is 19.1 Å². The summed E-state index contributed by atoms with van der Waals surface area (Å²) in [6.07, 6.45) is 0.431. The summed E-state index contributed by atoms with van der Waals surface area (Å²) in [5.41, 5.74) is 7.85. The maximum atomic E-state index is 13.0. The minimum atomic E-state index is -0.879. The molecule has 0 aliphatic rings. The second-order valence-electron chi connectivity index (χ2n) is 13.4. The first kappa shape index (κ1) is 35.7.